The highest BCUT2D eigenvalue weighted by Crippen LogP contribution is 2.29. The average molecular weight is 209 g/mol. The lowest BCUT2D eigenvalue weighted by Gasteiger charge is -2.40. The maximum absolute atomic E-state index is 2.79. The van der Waals surface area contributed by atoms with Crippen molar-refractivity contribution < 1.29 is 0 Å². The molecule has 1 saturated heterocycles. The van der Waals surface area contributed by atoms with Crippen molar-refractivity contribution in [1.82, 2.24) is 4.90 Å². The summed E-state index contributed by atoms with van der Waals surface area (Å²) in [5.41, 5.74) is 0. The van der Waals surface area contributed by atoms with Gasteiger partial charge in [0.2, 0.25) is 0 Å². The van der Waals surface area contributed by atoms with Gasteiger partial charge >= 0.3 is 0 Å². The van der Waals surface area contributed by atoms with E-state index in [-0.39, 0.29) is 0 Å². The van der Waals surface area contributed by atoms with Crippen molar-refractivity contribution in [2.45, 2.75) is 64.8 Å². The van der Waals surface area contributed by atoms with E-state index in [9.17, 15) is 0 Å². The van der Waals surface area contributed by atoms with Gasteiger partial charge in [-0.05, 0) is 50.6 Å². The Morgan fingerprint density at radius 1 is 0.867 bits per heavy atom. The van der Waals surface area contributed by atoms with Crippen molar-refractivity contribution in [2.24, 2.45) is 11.8 Å². The van der Waals surface area contributed by atoms with Crippen LogP contribution in [0.1, 0.15) is 58.8 Å². The molecule has 0 N–H and O–H groups in total. The monoisotopic (exact) mass is 209 g/mol. The first-order valence-corrected chi connectivity index (χ1v) is 7.01. The van der Waals surface area contributed by atoms with Gasteiger partial charge in [0.25, 0.3) is 0 Å². The fourth-order valence-corrected chi connectivity index (χ4v) is 3.40. The molecule has 88 valence electrons. The lowest BCUT2D eigenvalue weighted by molar-refractivity contribution is 0.0935. The van der Waals surface area contributed by atoms with Crippen LogP contribution in [-0.2, 0) is 0 Å². The van der Waals surface area contributed by atoms with Crippen LogP contribution in [0.5, 0.6) is 0 Å². The highest BCUT2D eigenvalue weighted by molar-refractivity contribution is 4.81. The number of piperidine rings is 1. The van der Waals surface area contributed by atoms with E-state index in [1.54, 1.807) is 0 Å². The van der Waals surface area contributed by atoms with Crippen LogP contribution >= 0.6 is 0 Å². The lowest BCUT2D eigenvalue weighted by atomic mass is 9.85. The maximum atomic E-state index is 2.79. The van der Waals surface area contributed by atoms with E-state index in [0.29, 0.717) is 0 Å². The minimum atomic E-state index is 0.901. The number of nitrogens with zero attached hydrogens (tertiary/aromatic N) is 1. The summed E-state index contributed by atoms with van der Waals surface area (Å²) >= 11 is 0. The second-order valence-electron chi connectivity index (χ2n) is 5.91. The first kappa shape index (κ1) is 11.4. The second-order valence-corrected chi connectivity index (χ2v) is 5.91. The molecule has 1 heteroatoms. The van der Waals surface area contributed by atoms with Crippen LogP contribution in [0, 0.1) is 11.8 Å². The zero-order chi connectivity index (χ0) is 10.7. The van der Waals surface area contributed by atoms with E-state index in [4.69, 9.17) is 0 Å². The van der Waals surface area contributed by atoms with Gasteiger partial charge in [-0.3, -0.25) is 0 Å². The van der Waals surface area contributed by atoms with Gasteiger partial charge in [-0.1, -0.05) is 33.1 Å². The molecule has 0 atom stereocenters. The quantitative estimate of drug-likeness (QED) is 0.670. The van der Waals surface area contributed by atoms with Crippen LogP contribution in [0.2, 0.25) is 0 Å². The molecule has 1 heterocycles. The van der Waals surface area contributed by atoms with Gasteiger partial charge in [0.15, 0.2) is 0 Å². The molecule has 0 spiro atoms. The number of likely N-dealkylation sites (tertiary alicyclic amines) is 1. The molecule has 1 aliphatic carbocycles. The number of hydrogen-bond donors (Lipinski definition) is 0. The molecular formula is C14H27N. The Morgan fingerprint density at radius 3 is 2.00 bits per heavy atom. The predicted molar refractivity (Wildman–Crippen MR) is 66.0 cm³/mol. The van der Waals surface area contributed by atoms with Gasteiger partial charge in [0.05, 0.1) is 0 Å². The largest absolute Gasteiger partial charge is 0.300 e. The Hall–Kier alpha value is -0.0400. The zero-order valence-corrected chi connectivity index (χ0v) is 10.5. The molecule has 2 fully saturated rings. The lowest BCUT2D eigenvalue weighted by Crippen LogP contribution is -2.43. The molecule has 15 heavy (non-hydrogen) atoms. The topological polar surface area (TPSA) is 3.24 Å². The van der Waals surface area contributed by atoms with Crippen LogP contribution in [0.15, 0.2) is 0 Å². The predicted octanol–water partition coefficient (Wildman–Crippen LogP) is 3.69. The summed E-state index contributed by atoms with van der Waals surface area (Å²) in [7, 11) is 0. The Morgan fingerprint density at radius 2 is 1.47 bits per heavy atom. The van der Waals surface area contributed by atoms with E-state index >= 15 is 0 Å². The molecule has 0 radical (unpaired) electrons. The first-order valence-electron chi connectivity index (χ1n) is 7.01. The van der Waals surface area contributed by atoms with Gasteiger partial charge in [0.1, 0.15) is 0 Å². The fourth-order valence-electron chi connectivity index (χ4n) is 3.40. The molecule has 2 rings (SSSR count). The first-order chi connectivity index (χ1) is 7.27. The van der Waals surface area contributed by atoms with Crippen molar-refractivity contribution in [2.75, 3.05) is 13.1 Å². The Kier molecular flexibility index (Phi) is 4.07. The summed E-state index contributed by atoms with van der Waals surface area (Å²) in [6.45, 7) is 7.54. The minimum absolute atomic E-state index is 0.901. The summed E-state index contributed by atoms with van der Waals surface area (Å²) in [4.78, 5) is 2.79. The average Bonchev–Trinajstić information content (AvgIpc) is 2.30. The van der Waals surface area contributed by atoms with Crippen molar-refractivity contribution in [3.63, 3.8) is 0 Å². The van der Waals surface area contributed by atoms with E-state index in [2.05, 4.69) is 18.7 Å². The van der Waals surface area contributed by atoms with Crippen LogP contribution in [0.25, 0.3) is 0 Å². The molecule has 0 bridgehead atoms. The standard InChI is InChI=1S/C14H27N/c1-12(2)13-8-10-15(11-9-13)14-6-4-3-5-7-14/h12-14H,3-11H2,1-2H3. The van der Waals surface area contributed by atoms with Gasteiger partial charge in [0, 0.05) is 6.04 Å². The van der Waals surface area contributed by atoms with Gasteiger partial charge < -0.3 is 4.90 Å². The minimum Gasteiger partial charge on any atom is -0.300 e. The zero-order valence-electron chi connectivity index (χ0n) is 10.5. The second kappa shape index (κ2) is 5.34. The van der Waals surface area contributed by atoms with Crippen LogP contribution in [0.3, 0.4) is 0 Å². The number of hydrogen-bond acceptors (Lipinski definition) is 1. The molecule has 0 aromatic carbocycles. The Bertz CT molecular complexity index is 174. The summed E-state index contributed by atoms with van der Waals surface area (Å²) in [5, 5.41) is 0. The van der Waals surface area contributed by atoms with E-state index < -0.39 is 0 Å². The molecule has 1 nitrogen and oxygen atoms in total. The van der Waals surface area contributed by atoms with Crippen LogP contribution in [0.4, 0.5) is 0 Å². The third-order valence-corrected chi connectivity index (χ3v) is 4.61. The summed E-state index contributed by atoms with van der Waals surface area (Å²) in [6.07, 6.45) is 10.3. The summed E-state index contributed by atoms with van der Waals surface area (Å²) in [5.74, 6) is 1.91. The van der Waals surface area contributed by atoms with E-state index in [1.807, 2.05) is 0 Å². The third-order valence-electron chi connectivity index (χ3n) is 4.61. The molecular weight excluding hydrogens is 182 g/mol. The van der Waals surface area contributed by atoms with Crippen LogP contribution in [-0.4, -0.2) is 24.0 Å². The molecule has 0 aromatic rings. The highest BCUT2D eigenvalue weighted by Gasteiger charge is 2.26. The van der Waals surface area contributed by atoms with E-state index in [1.165, 1.54) is 58.0 Å². The van der Waals surface area contributed by atoms with Crippen molar-refractivity contribution in [3.05, 3.63) is 0 Å². The van der Waals surface area contributed by atoms with Gasteiger partial charge in [-0.15, -0.1) is 0 Å². The summed E-state index contributed by atoms with van der Waals surface area (Å²) in [6, 6.07) is 0.951. The molecule has 0 amide bonds. The Balaban J connectivity index is 1.77. The SMILES string of the molecule is CC(C)C1CCN(C2CCCCC2)CC1. The molecule has 1 aliphatic heterocycles. The summed E-state index contributed by atoms with van der Waals surface area (Å²) < 4.78 is 0. The maximum Gasteiger partial charge on any atom is 0.00952 e. The smallest absolute Gasteiger partial charge is 0.00952 e. The molecule has 0 aromatic heterocycles. The van der Waals surface area contributed by atoms with E-state index in [0.717, 1.165) is 17.9 Å². The number of rotatable bonds is 2. The normalized spacial score (nSPS) is 27.4. The van der Waals surface area contributed by atoms with Crippen molar-refractivity contribution in [3.8, 4) is 0 Å². The fraction of sp³-hybridized carbons (Fsp3) is 1.00. The van der Waals surface area contributed by atoms with Crippen molar-refractivity contribution in [1.29, 1.82) is 0 Å². The Labute approximate surface area is 95.2 Å². The highest BCUT2D eigenvalue weighted by atomic mass is 15.2. The van der Waals surface area contributed by atoms with Gasteiger partial charge in [-0.2, -0.15) is 0 Å². The van der Waals surface area contributed by atoms with Gasteiger partial charge in [-0.25, -0.2) is 0 Å². The molecule has 0 unspecified atom stereocenters. The molecule has 2 aliphatic rings. The van der Waals surface area contributed by atoms with Crippen molar-refractivity contribution >= 4 is 0 Å². The third kappa shape index (κ3) is 2.96. The molecule has 1 saturated carbocycles. The van der Waals surface area contributed by atoms with Crippen LogP contribution < -0.4 is 0 Å².